The SMILES string of the molecule is Cc1csc(C(O)(C[N+](=O)[O-])C(F)(F)F)n1. The number of nitro groups is 1. The number of aryl methyl sites for hydroxylation is 1. The molecule has 1 aromatic heterocycles. The summed E-state index contributed by atoms with van der Waals surface area (Å²) < 4.78 is 37.7. The molecule has 1 atom stereocenters. The zero-order valence-corrected chi connectivity index (χ0v) is 8.80. The third-order valence-corrected chi connectivity index (χ3v) is 2.91. The lowest BCUT2D eigenvalue weighted by Crippen LogP contribution is -2.47. The quantitative estimate of drug-likeness (QED) is 0.656. The predicted octanol–water partition coefficient (Wildman–Crippen LogP) is 1.48. The smallest absolute Gasteiger partial charge is 0.370 e. The molecule has 1 unspecified atom stereocenters. The van der Waals surface area contributed by atoms with Crippen molar-refractivity contribution in [2.24, 2.45) is 0 Å². The summed E-state index contributed by atoms with van der Waals surface area (Å²) in [5.74, 6) is 0. The van der Waals surface area contributed by atoms with Gasteiger partial charge in [-0.3, -0.25) is 10.1 Å². The molecule has 0 radical (unpaired) electrons. The van der Waals surface area contributed by atoms with Crippen LogP contribution < -0.4 is 0 Å². The van der Waals surface area contributed by atoms with Gasteiger partial charge in [0.15, 0.2) is 0 Å². The van der Waals surface area contributed by atoms with Crippen LogP contribution in [0.5, 0.6) is 0 Å². The largest absolute Gasteiger partial charge is 0.430 e. The summed E-state index contributed by atoms with van der Waals surface area (Å²) in [6, 6.07) is 0. The molecule has 1 heterocycles. The number of thiazole rings is 1. The number of halogens is 3. The van der Waals surface area contributed by atoms with Gasteiger partial charge in [-0.15, -0.1) is 11.3 Å². The summed E-state index contributed by atoms with van der Waals surface area (Å²) in [4.78, 5) is 12.4. The van der Waals surface area contributed by atoms with Gasteiger partial charge in [-0.05, 0) is 6.92 Å². The standard InChI is InChI=1S/C7H7F3N2O3S/c1-4-2-16-5(11-4)6(13,3-12(14)15)7(8,9)10/h2,13H,3H2,1H3. The number of aromatic nitrogens is 1. The Morgan fingerprint density at radius 2 is 2.19 bits per heavy atom. The lowest BCUT2D eigenvalue weighted by Gasteiger charge is -2.24. The molecule has 0 aromatic carbocycles. The minimum atomic E-state index is -5.13. The normalized spacial score (nSPS) is 15.8. The van der Waals surface area contributed by atoms with Crippen LogP contribution in [-0.4, -0.2) is 27.7 Å². The van der Waals surface area contributed by atoms with Gasteiger partial charge < -0.3 is 5.11 Å². The fraction of sp³-hybridized carbons (Fsp3) is 0.571. The Bertz CT molecular complexity index is 406. The van der Waals surface area contributed by atoms with Crippen molar-refractivity contribution in [2.75, 3.05) is 6.54 Å². The number of alkyl halides is 3. The maximum atomic E-state index is 12.6. The molecular weight excluding hydrogens is 249 g/mol. The summed E-state index contributed by atoms with van der Waals surface area (Å²) >= 11 is 0.540. The Morgan fingerprint density at radius 3 is 2.50 bits per heavy atom. The summed E-state index contributed by atoms with van der Waals surface area (Å²) in [5.41, 5.74) is -3.25. The van der Waals surface area contributed by atoms with Gasteiger partial charge in [0.2, 0.25) is 6.54 Å². The van der Waals surface area contributed by atoms with E-state index in [1.54, 1.807) is 0 Å². The number of rotatable bonds is 3. The van der Waals surface area contributed by atoms with Crippen molar-refractivity contribution in [3.8, 4) is 0 Å². The van der Waals surface area contributed by atoms with Crippen molar-refractivity contribution in [1.82, 2.24) is 4.98 Å². The van der Waals surface area contributed by atoms with E-state index in [-0.39, 0.29) is 5.69 Å². The van der Waals surface area contributed by atoms with Crippen molar-refractivity contribution in [2.45, 2.75) is 18.7 Å². The van der Waals surface area contributed by atoms with Crippen molar-refractivity contribution in [3.05, 3.63) is 26.2 Å². The van der Waals surface area contributed by atoms with Gasteiger partial charge in [-0.1, -0.05) is 0 Å². The predicted molar refractivity (Wildman–Crippen MR) is 48.7 cm³/mol. The molecule has 16 heavy (non-hydrogen) atoms. The van der Waals surface area contributed by atoms with Gasteiger partial charge in [0, 0.05) is 16.0 Å². The van der Waals surface area contributed by atoms with E-state index < -0.39 is 28.3 Å². The molecule has 1 rings (SSSR count). The summed E-state index contributed by atoms with van der Waals surface area (Å²) in [7, 11) is 0. The Labute approximate surface area is 91.7 Å². The zero-order chi connectivity index (χ0) is 12.6. The molecule has 0 aliphatic carbocycles. The molecule has 0 aliphatic rings. The van der Waals surface area contributed by atoms with E-state index in [4.69, 9.17) is 0 Å². The second-order valence-electron chi connectivity index (χ2n) is 3.14. The molecule has 0 saturated heterocycles. The maximum Gasteiger partial charge on any atom is 0.430 e. The van der Waals surface area contributed by atoms with Gasteiger partial charge in [0.05, 0.1) is 0 Å². The van der Waals surface area contributed by atoms with Crippen LogP contribution in [0.1, 0.15) is 10.7 Å². The summed E-state index contributed by atoms with van der Waals surface area (Å²) in [6.07, 6.45) is -5.13. The summed E-state index contributed by atoms with van der Waals surface area (Å²) in [5, 5.41) is 20.1. The first-order valence-electron chi connectivity index (χ1n) is 4.00. The Balaban J connectivity index is 3.19. The first-order chi connectivity index (χ1) is 7.17. The molecule has 1 N–H and O–H groups in total. The van der Waals surface area contributed by atoms with Crippen molar-refractivity contribution >= 4 is 11.3 Å². The van der Waals surface area contributed by atoms with Gasteiger partial charge in [0.25, 0.3) is 5.60 Å². The van der Waals surface area contributed by atoms with Crippen LogP contribution in [-0.2, 0) is 5.60 Å². The molecule has 90 valence electrons. The second kappa shape index (κ2) is 3.98. The highest BCUT2D eigenvalue weighted by molar-refractivity contribution is 7.09. The molecule has 0 spiro atoms. The number of nitrogens with zero attached hydrogens (tertiary/aromatic N) is 2. The first kappa shape index (κ1) is 12.8. The molecule has 5 nitrogen and oxygen atoms in total. The highest BCUT2D eigenvalue weighted by Gasteiger charge is 2.61. The van der Waals surface area contributed by atoms with E-state index in [1.807, 2.05) is 0 Å². The molecule has 9 heteroatoms. The van der Waals surface area contributed by atoms with Crippen LogP contribution in [0.2, 0.25) is 0 Å². The van der Waals surface area contributed by atoms with Crippen LogP contribution in [0.3, 0.4) is 0 Å². The molecule has 1 aromatic rings. The lowest BCUT2D eigenvalue weighted by molar-refractivity contribution is -0.518. The number of aliphatic hydroxyl groups is 1. The average Bonchev–Trinajstić information content (AvgIpc) is 2.48. The van der Waals surface area contributed by atoms with E-state index in [0.717, 1.165) is 0 Å². The van der Waals surface area contributed by atoms with Crippen LogP contribution in [0, 0.1) is 17.0 Å². The van der Waals surface area contributed by atoms with E-state index in [0.29, 0.717) is 11.3 Å². The third-order valence-electron chi connectivity index (χ3n) is 1.80. The van der Waals surface area contributed by atoms with Gasteiger partial charge in [-0.2, -0.15) is 13.2 Å². The minimum absolute atomic E-state index is 0.269. The molecular formula is C7H7F3N2O3S. The van der Waals surface area contributed by atoms with Crippen molar-refractivity contribution in [3.63, 3.8) is 0 Å². The molecule has 0 saturated carbocycles. The number of hydrogen-bond acceptors (Lipinski definition) is 5. The second-order valence-corrected chi connectivity index (χ2v) is 4.00. The van der Waals surface area contributed by atoms with Crippen molar-refractivity contribution < 1.29 is 23.2 Å². The van der Waals surface area contributed by atoms with Crippen molar-refractivity contribution in [1.29, 1.82) is 0 Å². The highest BCUT2D eigenvalue weighted by Crippen LogP contribution is 2.40. The van der Waals surface area contributed by atoms with Crippen LogP contribution in [0.4, 0.5) is 13.2 Å². The fourth-order valence-electron chi connectivity index (χ4n) is 1.01. The van der Waals surface area contributed by atoms with E-state index in [9.17, 15) is 28.4 Å². The van der Waals surface area contributed by atoms with Gasteiger partial charge in [-0.25, -0.2) is 4.98 Å². The number of hydrogen-bond donors (Lipinski definition) is 1. The average molecular weight is 256 g/mol. The topological polar surface area (TPSA) is 76.3 Å². The van der Waals surface area contributed by atoms with Gasteiger partial charge >= 0.3 is 6.18 Å². The molecule has 0 bridgehead atoms. The third kappa shape index (κ3) is 2.30. The van der Waals surface area contributed by atoms with E-state index >= 15 is 0 Å². The Hall–Kier alpha value is -1.22. The van der Waals surface area contributed by atoms with Crippen LogP contribution in [0.15, 0.2) is 5.38 Å². The van der Waals surface area contributed by atoms with E-state index in [1.165, 1.54) is 12.3 Å². The maximum absolute atomic E-state index is 12.6. The lowest BCUT2D eigenvalue weighted by atomic mass is 10.1. The van der Waals surface area contributed by atoms with Crippen LogP contribution >= 0.6 is 11.3 Å². The van der Waals surface area contributed by atoms with E-state index in [2.05, 4.69) is 4.98 Å². The van der Waals surface area contributed by atoms with Gasteiger partial charge in [0.1, 0.15) is 5.01 Å². The first-order valence-corrected chi connectivity index (χ1v) is 4.88. The molecule has 0 aliphatic heterocycles. The molecule has 0 amide bonds. The summed E-state index contributed by atoms with van der Waals surface area (Å²) in [6.45, 7) is -0.216. The zero-order valence-electron chi connectivity index (χ0n) is 7.98. The minimum Gasteiger partial charge on any atom is -0.370 e. The molecule has 0 fully saturated rings. The van der Waals surface area contributed by atoms with Crippen LogP contribution in [0.25, 0.3) is 0 Å². The monoisotopic (exact) mass is 256 g/mol. The fourth-order valence-corrected chi connectivity index (χ4v) is 1.92. The Kier molecular flexibility index (Phi) is 3.20. The highest BCUT2D eigenvalue weighted by atomic mass is 32.1. The Morgan fingerprint density at radius 1 is 1.62 bits per heavy atom.